The van der Waals surface area contributed by atoms with Crippen molar-refractivity contribution >= 4 is 17.7 Å². The minimum absolute atomic E-state index is 0.242. The molecule has 1 unspecified atom stereocenters. The van der Waals surface area contributed by atoms with E-state index in [0.29, 0.717) is 0 Å². The van der Waals surface area contributed by atoms with Gasteiger partial charge < -0.3 is 5.11 Å². The van der Waals surface area contributed by atoms with Crippen molar-refractivity contribution in [2.24, 2.45) is 5.92 Å². The number of halogens is 1. The van der Waals surface area contributed by atoms with Crippen LogP contribution in [0.4, 0.5) is 4.39 Å². The summed E-state index contributed by atoms with van der Waals surface area (Å²) < 4.78 is 12.8. The average molecular weight is 268 g/mol. The molecule has 2 rings (SSSR count). The maximum absolute atomic E-state index is 12.8. The first-order valence-electron chi connectivity index (χ1n) is 6.32. The Kier molecular flexibility index (Phi) is 4.64. The largest absolute Gasteiger partial charge is 0.480 e. The van der Waals surface area contributed by atoms with Gasteiger partial charge in [-0.2, -0.15) is 0 Å². The van der Waals surface area contributed by atoms with Crippen molar-refractivity contribution in [2.75, 3.05) is 0 Å². The molecule has 1 fully saturated rings. The van der Waals surface area contributed by atoms with Crippen molar-refractivity contribution in [3.05, 3.63) is 30.1 Å². The van der Waals surface area contributed by atoms with Crippen LogP contribution in [0.3, 0.4) is 0 Å². The van der Waals surface area contributed by atoms with Crippen LogP contribution in [-0.4, -0.2) is 16.3 Å². The van der Waals surface area contributed by atoms with E-state index in [2.05, 4.69) is 0 Å². The van der Waals surface area contributed by atoms with Gasteiger partial charge in [-0.3, -0.25) is 4.79 Å². The summed E-state index contributed by atoms with van der Waals surface area (Å²) in [7, 11) is 0. The highest BCUT2D eigenvalue weighted by Gasteiger charge is 2.30. The molecule has 1 N–H and O–H groups in total. The molecule has 1 aromatic rings. The van der Waals surface area contributed by atoms with E-state index in [-0.39, 0.29) is 11.7 Å². The van der Waals surface area contributed by atoms with Gasteiger partial charge in [-0.1, -0.05) is 19.3 Å². The van der Waals surface area contributed by atoms with E-state index in [0.717, 1.165) is 30.6 Å². The monoisotopic (exact) mass is 268 g/mol. The molecule has 1 aliphatic carbocycles. The molecule has 2 nitrogen and oxygen atoms in total. The fourth-order valence-electron chi connectivity index (χ4n) is 2.44. The van der Waals surface area contributed by atoms with Gasteiger partial charge in [0.15, 0.2) is 0 Å². The van der Waals surface area contributed by atoms with Crippen LogP contribution in [0.1, 0.15) is 32.1 Å². The van der Waals surface area contributed by atoms with Gasteiger partial charge in [0, 0.05) is 4.90 Å². The average Bonchev–Trinajstić information content (AvgIpc) is 2.38. The Balaban J connectivity index is 2.05. The van der Waals surface area contributed by atoms with Crippen LogP contribution in [0, 0.1) is 11.7 Å². The van der Waals surface area contributed by atoms with Crippen molar-refractivity contribution in [1.82, 2.24) is 0 Å². The van der Waals surface area contributed by atoms with Gasteiger partial charge >= 0.3 is 5.97 Å². The van der Waals surface area contributed by atoms with Crippen molar-refractivity contribution in [3.63, 3.8) is 0 Å². The molecule has 18 heavy (non-hydrogen) atoms. The number of hydrogen-bond acceptors (Lipinski definition) is 2. The summed E-state index contributed by atoms with van der Waals surface area (Å²) in [6, 6.07) is 6.06. The molecular weight excluding hydrogens is 251 g/mol. The van der Waals surface area contributed by atoms with Gasteiger partial charge in [0.2, 0.25) is 0 Å². The zero-order chi connectivity index (χ0) is 13.0. The number of hydrogen-bond donors (Lipinski definition) is 1. The van der Waals surface area contributed by atoms with Crippen molar-refractivity contribution in [2.45, 2.75) is 42.2 Å². The van der Waals surface area contributed by atoms with Gasteiger partial charge in [0.1, 0.15) is 11.1 Å². The third kappa shape index (κ3) is 3.48. The van der Waals surface area contributed by atoms with Gasteiger partial charge in [0.25, 0.3) is 0 Å². The van der Waals surface area contributed by atoms with Crippen molar-refractivity contribution in [1.29, 1.82) is 0 Å². The lowest BCUT2D eigenvalue weighted by Crippen LogP contribution is -2.28. The summed E-state index contributed by atoms with van der Waals surface area (Å²) in [6.07, 6.45) is 5.44. The van der Waals surface area contributed by atoms with Crippen LogP contribution in [0.2, 0.25) is 0 Å². The van der Waals surface area contributed by atoms with Gasteiger partial charge in [-0.15, -0.1) is 11.8 Å². The van der Waals surface area contributed by atoms with E-state index in [1.807, 2.05) is 0 Å². The summed E-state index contributed by atoms with van der Waals surface area (Å²) in [5.74, 6) is -0.800. The highest BCUT2D eigenvalue weighted by Crippen LogP contribution is 2.36. The number of thioether (sulfide) groups is 1. The lowest BCUT2D eigenvalue weighted by Gasteiger charge is -2.26. The van der Waals surface area contributed by atoms with Crippen molar-refractivity contribution < 1.29 is 14.3 Å². The van der Waals surface area contributed by atoms with E-state index < -0.39 is 11.2 Å². The number of carboxylic acids is 1. The molecule has 0 heterocycles. The Labute approximate surface area is 111 Å². The second-order valence-corrected chi connectivity index (χ2v) is 5.94. The third-order valence-corrected chi connectivity index (χ3v) is 4.78. The molecule has 0 aromatic heterocycles. The molecule has 1 atom stereocenters. The first kappa shape index (κ1) is 13.4. The predicted molar refractivity (Wildman–Crippen MR) is 70.3 cm³/mol. The van der Waals surface area contributed by atoms with E-state index in [1.165, 1.54) is 30.3 Å². The SMILES string of the molecule is O=C(O)C(Sc1ccc(F)cc1)C1CCCCC1. The van der Waals surface area contributed by atoms with Crippen LogP contribution in [0.25, 0.3) is 0 Å². The second-order valence-electron chi connectivity index (χ2n) is 4.73. The quantitative estimate of drug-likeness (QED) is 0.840. The zero-order valence-corrected chi connectivity index (χ0v) is 11.0. The predicted octanol–water partition coefficient (Wildman–Crippen LogP) is 3.95. The fourth-order valence-corrected chi connectivity index (χ4v) is 3.60. The first-order valence-corrected chi connectivity index (χ1v) is 7.20. The summed E-state index contributed by atoms with van der Waals surface area (Å²) in [4.78, 5) is 12.2. The molecule has 1 aliphatic rings. The number of benzene rings is 1. The molecule has 0 amide bonds. The highest BCUT2D eigenvalue weighted by atomic mass is 32.2. The standard InChI is InChI=1S/C14H17FO2S/c15-11-6-8-12(9-7-11)18-13(14(16)17)10-4-2-1-3-5-10/h6-10,13H,1-5H2,(H,16,17). The number of carboxylic acid groups (broad SMARTS) is 1. The molecule has 0 saturated heterocycles. The fraction of sp³-hybridized carbons (Fsp3) is 0.500. The van der Waals surface area contributed by atoms with Crippen LogP contribution < -0.4 is 0 Å². The van der Waals surface area contributed by atoms with Crippen LogP contribution >= 0.6 is 11.8 Å². The minimum Gasteiger partial charge on any atom is -0.480 e. The van der Waals surface area contributed by atoms with Crippen molar-refractivity contribution in [3.8, 4) is 0 Å². The van der Waals surface area contributed by atoms with Gasteiger partial charge in [-0.25, -0.2) is 4.39 Å². The van der Waals surface area contributed by atoms with E-state index >= 15 is 0 Å². The highest BCUT2D eigenvalue weighted by molar-refractivity contribution is 8.00. The summed E-state index contributed by atoms with van der Waals surface area (Å²) >= 11 is 1.35. The Morgan fingerprint density at radius 3 is 2.39 bits per heavy atom. The summed E-state index contributed by atoms with van der Waals surface area (Å²) in [6.45, 7) is 0. The van der Waals surface area contributed by atoms with E-state index in [1.54, 1.807) is 12.1 Å². The molecule has 0 aliphatic heterocycles. The topological polar surface area (TPSA) is 37.3 Å². The maximum Gasteiger partial charge on any atom is 0.317 e. The molecule has 4 heteroatoms. The molecular formula is C14H17FO2S. The minimum atomic E-state index is -0.753. The van der Waals surface area contributed by atoms with E-state index in [9.17, 15) is 14.3 Å². The first-order chi connectivity index (χ1) is 8.66. The zero-order valence-electron chi connectivity index (χ0n) is 10.1. The number of rotatable bonds is 4. The third-order valence-electron chi connectivity index (χ3n) is 3.40. The van der Waals surface area contributed by atoms with Crippen LogP contribution in [0.5, 0.6) is 0 Å². The number of carbonyl (C=O) groups is 1. The molecule has 0 bridgehead atoms. The van der Waals surface area contributed by atoms with Gasteiger partial charge in [-0.05, 0) is 43.0 Å². The lowest BCUT2D eigenvalue weighted by atomic mass is 9.87. The van der Waals surface area contributed by atoms with Gasteiger partial charge in [0.05, 0.1) is 0 Å². The maximum atomic E-state index is 12.8. The normalized spacial score (nSPS) is 18.5. The Morgan fingerprint density at radius 1 is 1.22 bits per heavy atom. The summed E-state index contributed by atoms with van der Waals surface area (Å²) in [5, 5.41) is 8.94. The van der Waals surface area contributed by atoms with Crippen LogP contribution in [-0.2, 0) is 4.79 Å². The molecule has 1 aromatic carbocycles. The molecule has 0 spiro atoms. The van der Waals surface area contributed by atoms with Crippen LogP contribution in [0.15, 0.2) is 29.2 Å². The lowest BCUT2D eigenvalue weighted by molar-refractivity contribution is -0.137. The van der Waals surface area contributed by atoms with E-state index in [4.69, 9.17) is 0 Å². The summed E-state index contributed by atoms with van der Waals surface area (Å²) in [5.41, 5.74) is 0. The number of aliphatic carboxylic acids is 1. The second kappa shape index (κ2) is 6.23. The smallest absolute Gasteiger partial charge is 0.317 e. The molecule has 1 saturated carbocycles. The Morgan fingerprint density at radius 2 is 1.83 bits per heavy atom. The Bertz CT molecular complexity index is 399. The molecule has 0 radical (unpaired) electrons. The molecule has 98 valence electrons. The Hall–Kier alpha value is -1.03.